The smallest absolute Gasteiger partial charge is 0.147 e. The summed E-state index contributed by atoms with van der Waals surface area (Å²) in [4.78, 5) is 11.4. The Morgan fingerprint density at radius 1 is 1.29 bits per heavy atom. The van der Waals surface area contributed by atoms with Gasteiger partial charge in [-0.05, 0) is 31.6 Å². The van der Waals surface area contributed by atoms with E-state index in [1.54, 1.807) is 12.4 Å². The number of thiocarbonyl (C=S) groups is 1. The second kappa shape index (κ2) is 4.22. The fourth-order valence-electron chi connectivity index (χ4n) is 1.99. The highest BCUT2D eigenvalue weighted by Crippen LogP contribution is 2.36. The van der Waals surface area contributed by atoms with Gasteiger partial charge in [-0.2, -0.15) is 0 Å². The van der Waals surface area contributed by atoms with Gasteiger partial charge in [0.15, 0.2) is 0 Å². The Morgan fingerprint density at radius 3 is 2.53 bits per heavy atom. The molecular weight excluding hydrogens is 232 g/mol. The molecule has 0 spiro atoms. The van der Waals surface area contributed by atoms with Gasteiger partial charge in [0.1, 0.15) is 16.5 Å². The molecule has 1 heterocycles. The monoisotopic (exact) mass is 248 g/mol. The van der Waals surface area contributed by atoms with Crippen LogP contribution in [-0.4, -0.2) is 27.5 Å². The fourth-order valence-corrected chi connectivity index (χ4v) is 2.10. The zero-order valence-electron chi connectivity index (χ0n) is 9.67. The van der Waals surface area contributed by atoms with Gasteiger partial charge in [-0.15, -0.1) is 0 Å². The molecule has 0 saturated heterocycles. The van der Waals surface area contributed by atoms with Crippen molar-refractivity contribution in [1.82, 2.24) is 9.97 Å². The number of rotatable bonds is 5. The highest BCUT2D eigenvalue weighted by molar-refractivity contribution is 7.80. The summed E-state index contributed by atoms with van der Waals surface area (Å²) < 4.78 is 0. The van der Waals surface area contributed by atoms with Crippen LogP contribution in [0.1, 0.15) is 31.4 Å². The van der Waals surface area contributed by atoms with Crippen LogP contribution in [-0.2, 0) is 0 Å². The summed E-state index contributed by atoms with van der Waals surface area (Å²) in [7, 11) is 0. The molecule has 0 atom stereocenters. The van der Waals surface area contributed by atoms with E-state index < -0.39 is 0 Å². The standard InChI is InChI=1S/C12H16N4S/c13-12(17)10-5-15-11(6-14-10)16(9-3-4-9)7-8-1-2-8/h5-6,8-9H,1-4,7H2,(H2,13,17). The van der Waals surface area contributed by atoms with E-state index in [4.69, 9.17) is 18.0 Å². The third-order valence-corrected chi connectivity index (χ3v) is 3.53. The summed E-state index contributed by atoms with van der Waals surface area (Å²) >= 11 is 4.88. The molecule has 17 heavy (non-hydrogen) atoms. The molecule has 0 aromatic carbocycles. The van der Waals surface area contributed by atoms with Crippen LogP contribution in [0.25, 0.3) is 0 Å². The highest BCUT2D eigenvalue weighted by atomic mass is 32.1. The van der Waals surface area contributed by atoms with Crippen molar-refractivity contribution in [2.24, 2.45) is 11.7 Å². The van der Waals surface area contributed by atoms with Gasteiger partial charge in [0, 0.05) is 12.6 Å². The normalized spacial score (nSPS) is 19.1. The molecule has 0 amide bonds. The van der Waals surface area contributed by atoms with Crippen molar-refractivity contribution in [3.05, 3.63) is 18.1 Å². The lowest BCUT2D eigenvalue weighted by atomic mass is 10.3. The van der Waals surface area contributed by atoms with Crippen LogP contribution in [0.15, 0.2) is 12.4 Å². The predicted octanol–water partition coefficient (Wildman–Crippen LogP) is 1.49. The second-order valence-corrected chi connectivity index (χ2v) is 5.39. The summed E-state index contributed by atoms with van der Waals surface area (Å²) in [5.41, 5.74) is 6.12. The van der Waals surface area contributed by atoms with Gasteiger partial charge in [0.2, 0.25) is 0 Å². The van der Waals surface area contributed by atoms with Crippen LogP contribution in [0.2, 0.25) is 0 Å². The number of aromatic nitrogens is 2. The second-order valence-electron chi connectivity index (χ2n) is 4.95. The fraction of sp³-hybridized carbons (Fsp3) is 0.583. The lowest BCUT2D eigenvalue weighted by Crippen LogP contribution is -2.29. The maximum Gasteiger partial charge on any atom is 0.147 e. The predicted molar refractivity (Wildman–Crippen MR) is 71.0 cm³/mol. The number of hydrogen-bond donors (Lipinski definition) is 1. The van der Waals surface area contributed by atoms with Crippen molar-refractivity contribution in [3.8, 4) is 0 Å². The quantitative estimate of drug-likeness (QED) is 0.800. The molecule has 0 unspecified atom stereocenters. The summed E-state index contributed by atoms with van der Waals surface area (Å²) in [6, 6.07) is 0.681. The zero-order chi connectivity index (χ0) is 11.8. The van der Waals surface area contributed by atoms with Crippen LogP contribution in [0.3, 0.4) is 0 Å². The van der Waals surface area contributed by atoms with Crippen molar-refractivity contribution in [1.29, 1.82) is 0 Å². The van der Waals surface area contributed by atoms with Crippen LogP contribution in [0.5, 0.6) is 0 Å². The summed E-state index contributed by atoms with van der Waals surface area (Å²) in [5.74, 6) is 1.84. The van der Waals surface area contributed by atoms with Crippen molar-refractivity contribution < 1.29 is 0 Å². The Morgan fingerprint density at radius 2 is 2.06 bits per heavy atom. The van der Waals surface area contributed by atoms with Crippen LogP contribution in [0.4, 0.5) is 5.82 Å². The Kier molecular flexibility index (Phi) is 2.70. The molecule has 1 aromatic rings. The number of anilines is 1. The van der Waals surface area contributed by atoms with Gasteiger partial charge in [-0.1, -0.05) is 12.2 Å². The number of nitrogens with two attached hydrogens (primary N) is 1. The van der Waals surface area contributed by atoms with E-state index in [0.29, 0.717) is 16.7 Å². The number of hydrogen-bond acceptors (Lipinski definition) is 4. The van der Waals surface area contributed by atoms with E-state index in [1.165, 1.54) is 25.7 Å². The average Bonchev–Trinajstić information content (AvgIpc) is 3.18. The first-order chi connectivity index (χ1) is 8.24. The van der Waals surface area contributed by atoms with E-state index in [-0.39, 0.29) is 0 Å². The molecule has 2 aliphatic carbocycles. The first-order valence-corrected chi connectivity index (χ1v) is 6.53. The number of nitrogens with zero attached hydrogens (tertiary/aromatic N) is 3. The Hall–Kier alpha value is -1.23. The minimum atomic E-state index is 0.309. The molecule has 0 aliphatic heterocycles. The van der Waals surface area contributed by atoms with Gasteiger partial charge in [0.05, 0.1) is 12.4 Å². The first kappa shape index (κ1) is 10.9. The minimum Gasteiger partial charge on any atom is -0.388 e. The molecular formula is C12H16N4S. The molecule has 3 rings (SSSR count). The molecule has 2 aliphatic rings. The van der Waals surface area contributed by atoms with Crippen LogP contribution >= 0.6 is 12.2 Å². The Labute approximate surface area is 106 Å². The van der Waals surface area contributed by atoms with Gasteiger partial charge < -0.3 is 10.6 Å². The van der Waals surface area contributed by atoms with E-state index in [2.05, 4.69) is 14.9 Å². The summed E-state index contributed by atoms with van der Waals surface area (Å²) in [6.07, 6.45) is 8.77. The van der Waals surface area contributed by atoms with E-state index in [9.17, 15) is 0 Å². The first-order valence-electron chi connectivity index (χ1n) is 6.12. The molecule has 4 nitrogen and oxygen atoms in total. The Bertz CT molecular complexity index is 423. The van der Waals surface area contributed by atoms with Crippen molar-refractivity contribution >= 4 is 23.0 Å². The van der Waals surface area contributed by atoms with Crippen LogP contribution in [0, 0.1) is 5.92 Å². The lowest BCUT2D eigenvalue weighted by molar-refractivity contribution is 0.707. The highest BCUT2D eigenvalue weighted by Gasteiger charge is 2.34. The van der Waals surface area contributed by atoms with E-state index in [0.717, 1.165) is 18.3 Å². The molecule has 90 valence electrons. The minimum absolute atomic E-state index is 0.309. The molecule has 0 radical (unpaired) electrons. The van der Waals surface area contributed by atoms with Gasteiger partial charge >= 0.3 is 0 Å². The van der Waals surface area contributed by atoms with Gasteiger partial charge in [0.25, 0.3) is 0 Å². The van der Waals surface area contributed by atoms with Crippen molar-refractivity contribution in [2.75, 3.05) is 11.4 Å². The third-order valence-electron chi connectivity index (χ3n) is 3.32. The SMILES string of the molecule is NC(=S)c1cnc(N(CC2CC2)C2CC2)cn1. The molecule has 2 saturated carbocycles. The largest absolute Gasteiger partial charge is 0.388 e. The van der Waals surface area contributed by atoms with Crippen molar-refractivity contribution in [3.63, 3.8) is 0 Å². The Balaban J connectivity index is 1.77. The maximum atomic E-state index is 5.52. The zero-order valence-corrected chi connectivity index (χ0v) is 10.5. The molecule has 2 N–H and O–H groups in total. The van der Waals surface area contributed by atoms with E-state index >= 15 is 0 Å². The lowest BCUT2D eigenvalue weighted by Gasteiger charge is -2.23. The maximum absolute atomic E-state index is 5.52. The summed E-state index contributed by atoms with van der Waals surface area (Å²) in [5, 5.41) is 0. The van der Waals surface area contributed by atoms with Gasteiger partial charge in [-0.25, -0.2) is 9.97 Å². The summed E-state index contributed by atoms with van der Waals surface area (Å²) in [6.45, 7) is 1.13. The third kappa shape index (κ3) is 2.54. The molecule has 0 bridgehead atoms. The molecule has 1 aromatic heterocycles. The average molecular weight is 248 g/mol. The molecule has 2 fully saturated rings. The van der Waals surface area contributed by atoms with E-state index in [1.807, 2.05) is 0 Å². The van der Waals surface area contributed by atoms with Crippen LogP contribution < -0.4 is 10.6 Å². The van der Waals surface area contributed by atoms with Gasteiger partial charge in [-0.3, -0.25) is 0 Å². The topological polar surface area (TPSA) is 55.0 Å². The van der Waals surface area contributed by atoms with Crippen molar-refractivity contribution in [2.45, 2.75) is 31.7 Å². The molecule has 5 heteroatoms.